The number of morpholine rings is 1. The number of thiocarbonyl (C=S) groups is 1. The lowest BCUT2D eigenvalue weighted by molar-refractivity contribution is -0.140. The van der Waals surface area contributed by atoms with Gasteiger partial charge in [-0.25, -0.2) is 0 Å². The Morgan fingerprint density at radius 3 is 2.59 bits per heavy atom. The lowest BCUT2D eigenvalue weighted by atomic mass is 10.1. The number of carboxylic acids is 1. The van der Waals surface area contributed by atoms with Crippen molar-refractivity contribution in [2.24, 2.45) is 0 Å². The number of nitrogens with zero attached hydrogens (tertiary/aromatic N) is 2. The number of aliphatic carboxylic acids is 1. The SMILES string of the molecule is O=C(O)CN1C(=O)C(=Cc2ccc(OCc3ccccc3)c(C(=O)N3CCOCC3)c2)SC1=S. The molecule has 10 heteroatoms. The van der Waals surface area contributed by atoms with Crippen molar-refractivity contribution in [1.29, 1.82) is 0 Å². The highest BCUT2D eigenvalue weighted by Crippen LogP contribution is 2.33. The van der Waals surface area contributed by atoms with Crippen molar-refractivity contribution in [3.8, 4) is 5.75 Å². The van der Waals surface area contributed by atoms with E-state index in [1.807, 2.05) is 30.3 Å². The number of thioether (sulfide) groups is 1. The van der Waals surface area contributed by atoms with Crippen LogP contribution in [0, 0.1) is 0 Å². The number of carbonyl (C=O) groups is 3. The molecule has 2 fully saturated rings. The first-order chi connectivity index (χ1) is 16.4. The number of rotatable bonds is 7. The third-order valence-corrected chi connectivity index (χ3v) is 6.61. The van der Waals surface area contributed by atoms with Gasteiger partial charge in [0.15, 0.2) is 0 Å². The molecule has 176 valence electrons. The van der Waals surface area contributed by atoms with Crippen LogP contribution in [0.2, 0.25) is 0 Å². The van der Waals surface area contributed by atoms with Gasteiger partial charge in [-0.1, -0.05) is 60.4 Å². The number of carboxylic acid groups (broad SMARTS) is 1. The number of amides is 2. The lowest BCUT2D eigenvalue weighted by Gasteiger charge is -2.27. The molecule has 0 atom stereocenters. The van der Waals surface area contributed by atoms with Gasteiger partial charge in [-0.3, -0.25) is 19.3 Å². The Kier molecular flexibility index (Phi) is 7.61. The minimum atomic E-state index is -1.14. The van der Waals surface area contributed by atoms with E-state index in [0.29, 0.717) is 54.7 Å². The maximum absolute atomic E-state index is 13.3. The van der Waals surface area contributed by atoms with Gasteiger partial charge in [0.1, 0.15) is 23.2 Å². The standard InChI is InChI=1S/C24H22N2O6S2/c27-21(28)14-26-23(30)20(34-24(26)33)13-17-6-7-19(32-15-16-4-2-1-3-5-16)18(12-17)22(29)25-8-10-31-11-9-25/h1-7,12-13H,8-11,14-15H2,(H,27,28). The van der Waals surface area contributed by atoms with Crippen LogP contribution in [0.4, 0.5) is 0 Å². The molecule has 34 heavy (non-hydrogen) atoms. The molecule has 0 spiro atoms. The van der Waals surface area contributed by atoms with Gasteiger partial charge in [-0.15, -0.1) is 0 Å². The Labute approximate surface area is 206 Å². The lowest BCUT2D eigenvalue weighted by Crippen LogP contribution is -2.40. The van der Waals surface area contributed by atoms with Gasteiger partial charge in [0, 0.05) is 13.1 Å². The zero-order valence-electron chi connectivity index (χ0n) is 18.1. The fraction of sp³-hybridized carbons (Fsp3) is 0.250. The van der Waals surface area contributed by atoms with E-state index in [9.17, 15) is 14.4 Å². The molecule has 0 aromatic heterocycles. The van der Waals surface area contributed by atoms with Crippen LogP contribution in [0.15, 0.2) is 53.4 Å². The molecule has 2 heterocycles. The van der Waals surface area contributed by atoms with Crippen LogP contribution in [-0.4, -0.2) is 69.9 Å². The highest BCUT2D eigenvalue weighted by molar-refractivity contribution is 8.26. The summed E-state index contributed by atoms with van der Waals surface area (Å²) in [6.45, 7) is 1.71. The summed E-state index contributed by atoms with van der Waals surface area (Å²) < 4.78 is 11.5. The molecule has 2 saturated heterocycles. The Morgan fingerprint density at radius 1 is 1.15 bits per heavy atom. The Balaban J connectivity index is 1.62. The second kappa shape index (κ2) is 10.8. The van der Waals surface area contributed by atoms with E-state index >= 15 is 0 Å². The number of benzene rings is 2. The maximum atomic E-state index is 13.3. The first-order valence-electron chi connectivity index (χ1n) is 10.6. The van der Waals surface area contributed by atoms with Crippen molar-refractivity contribution < 1.29 is 29.0 Å². The largest absolute Gasteiger partial charge is 0.488 e. The number of ether oxygens (including phenoxy) is 2. The third-order valence-electron chi connectivity index (χ3n) is 5.23. The van der Waals surface area contributed by atoms with Gasteiger partial charge >= 0.3 is 5.97 Å². The molecular formula is C24H22N2O6S2. The first-order valence-corrected chi connectivity index (χ1v) is 11.8. The van der Waals surface area contributed by atoms with Gasteiger partial charge in [-0.2, -0.15) is 0 Å². The van der Waals surface area contributed by atoms with Gasteiger partial charge < -0.3 is 19.5 Å². The molecule has 0 bridgehead atoms. The highest BCUT2D eigenvalue weighted by atomic mass is 32.2. The molecule has 0 unspecified atom stereocenters. The fourth-order valence-electron chi connectivity index (χ4n) is 3.53. The van der Waals surface area contributed by atoms with Crippen LogP contribution in [0.3, 0.4) is 0 Å². The van der Waals surface area contributed by atoms with Crippen molar-refractivity contribution in [3.63, 3.8) is 0 Å². The molecule has 0 saturated carbocycles. The summed E-state index contributed by atoms with van der Waals surface area (Å²) in [4.78, 5) is 40.0. The minimum Gasteiger partial charge on any atom is -0.488 e. The van der Waals surface area contributed by atoms with E-state index in [1.54, 1.807) is 29.2 Å². The smallest absolute Gasteiger partial charge is 0.323 e. The third kappa shape index (κ3) is 5.64. The van der Waals surface area contributed by atoms with Crippen LogP contribution in [0.1, 0.15) is 21.5 Å². The van der Waals surface area contributed by atoms with E-state index in [2.05, 4.69) is 0 Å². The van der Waals surface area contributed by atoms with Gasteiger partial charge in [0.25, 0.3) is 11.8 Å². The average Bonchev–Trinajstić information content (AvgIpc) is 3.10. The zero-order chi connectivity index (χ0) is 24.1. The molecule has 2 aromatic carbocycles. The predicted octanol–water partition coefficient (Wildman–Crippen LogP) is 3.02. The summed E-state index contributed by atoms with van der Waals surface area (Å²) in [6, 6.07) is 14.8. The first kappa shape index (κ1) is 23.9. The molecule has 1 N–H and O–H groups in total. The van der Waals surface area contributed by atoms with E-state index in [1.165, 1.54) is 0 Å². The number of hydrogen-bond donors (Lipinski definition) is 1. The molecule has 8 nitrogen and oxygen atoms in total. The number of carbonyl (C=O) groups excluding carboxylic acids is 2. The summed E-state index contributed by atoms with van der Waals surface area (Å²) in [7, 11) is 0. The summed E-state index contributed by atoms with van der Waals surface area (Å²) in [5.74, 6) is -1.35. The second-order valence-electron chi connectivity index (χ2n) is 7.60. The van der Waals surface area contributed by atoms with E-state index in [4.69, 9.17) is 26.8 Å². The Hall–Kier alpha value is -3.21. The molecule has 0 aliphatic carbocycles. The number of hydrogen-bond acceptors (Lipinski definition) is 7. The van der Waals surface area contributed by atoms with Crippen molar-refractivity contribution in [2.75, 3.05) is 32.8 Å². The molecule has 4 rings (SSSR count). The van der Waals surface area contributed by atoms with Crippen molar-refractivity contribution in [3.05, 3.63) is 70.1 Å². The van der Waals surface area contributed by atoms with Crippen molar-refractivity contribution >= 4 is 52.2 Å². The molecule has 0 radical (unpaired) electrons. The normalized spacial score (nSPS) is 17.4. The summed E-state index contributed by atoms with van der Waals surface area (Å²) in [5, 5.41) is 9.02. The summed E-state index contributed by atoms with van der Waals surface area (Å²) >= 11 is 6.19. The fourth-order valence-corrected chi connectivity index (χ4v) is 4.78. The van der Waals surface area contributed by atoms with Crippen LogP contribution >= 0.6 is 24.0 Å². The van der Waals surface area contributed by atoms with Gasteiger partial charge in [-0.05, 0) is 29.3 Å². The summed E-state index contributed by atoms with van der Waals surface area (Å²) in [5.41, 5.74) is 1.96. The van der Waals surface area contributed by atoms with Crippen molar-refractivity contribution in [2.45, 2.75) is 6.61 Å². The van der Waals surface area contributed by atoms with Crippen LogP contribution in [-0.2, 0) is 20.9 Å². The zero-order valence-corrected chi connectivity index (χ0v) is 19.8. The Morgan fingerprint density at radius 2 is 1.88 bits per heavy atom. The topological polar surface area (TPSA) is 96.4 Å². The quantitative estimate of drug-likeness (QED) is 0.460. The maximum Gasteiger partial charge on any atom is 0.323 e. The highest BCUT2D eigenvalue weighted by Gasteiger charge is 2.33. The predicted molar refractivity (Wildman–Crippen MR) is 131 cm³/mol. The van der Waals surface area contributed by atoms with E-state index in [0.717, 1.165) is 22.2 Å². The molecular weight excluding hydrogens is 476 g/mol. The monoisotopic (exact) mass is 498 g/mol. The van der Waals surface area contributed by atoms with Crippen molar-refractivity contribution in [1.82, 2.24) is 9.80 Å². The van der Waals surface area contributed by atoms with Crippen LogP contribution in [0.5, 0.6) is 5.75 Å². The second-order valence-corrected chi connectivity index (χ2v) is 9.27. The van der Waals surface area contributed by atoms with Crippen LogP contribution < -0.4 is 4.74 Å². The van der Waals surface area contributed by atoms with Crippen LogP contribution in [0.25, 0.3) is 6.08 Å². The van der Waals surface area contributed by atoms with Gasteiger partial charge in [0.05, 0.1) is 23.7 Å². The molecule has 2 amide bonds. The van der Waals surface area contributed by atoms with E-state index in [-0.39, 0.29) is 10.2 Å². The minimum absolute atomic E-state index is 0.181. The Bertz CT molecular complexity index is 1150. The molecule has 2 aromatic rings. The van der Waals surface area contributed by atoms with Gasteiger partial charge in [0.2, 0.25) is 0 Å². The average molecular weight is 499 g/mol. The molecule has 2 aliphatic heterocycles. The summed E-state index contributed by atoms with van der Waals surface area (Å²) in [6.07, 6.45) is 1.61. The molecule has 2 aliphatic rings. The van der Waals surface area contributed by atoms with E-state index < -0.39 is 18.4 Å².